The molecule has 0 bridgehead atoms. The highest BCUT2D eigenvalue weighted by molar-refractivity contribution is 4.98. The zero-order valence-electron chi connectivity index (χ0n) is 7.70. The zero-order chi connectivity index (χ0) is 9.52. The monoisotopic (exact) mass is 187 g/mol. The number of rotatable bonds is 5. The second-order valence-corrected chi connectivity index (χ2v) is 3.07. The first kappa shape index (κ1) is 10.5. The zero-order valence-corrected chi connectivity index (χ0v) is 7.70. The number of hydrogen-bond donors (Lipinski definition) is 3. The largest absolute Gasteiger partial charge is 0.468 e. The van der Waals surface area contributed by atoms with Gasteiger partial charge in [0.05, 0.1) is 6.54 Å². The smallest absolute Gasteiger partial charge is 0.197 e. The summed E-state index contributed by atoms with van der Waals surface area (Å²) >= 11 is 0. The molecule has 76 valence electrons. The predicted molar refractivity (Wildman–Crippen MR) is 49.0 cm³/mol. The molecule has 4 heteroatoms. The van der Waals surface area contributed by atoms with Crippen molar-refractivity contribution in [3.05, 3.63) is 11.8 Å². The number of allylic oxidation sites excluding steroid dienone is 1. The van der Waals surface area contributed by atoms with Crippen molar-refractivity contribution in [2.45, 2.75) is 25.6 Å². The van der Waals surface area contributed by atoms with E-state index in [4.69, 9.17) is 14.9 Å². The first-order valence-corrected chi connectivity index (χ1v) is 4.68. The lowest BCUT2D eigenvalue weighted by atomic mass is 10.2. The second kappa shape index (κ2) is 5.96. The molecular formula is C9H17NO3. The molecule has 0 fully saturated rings. The van der Waals surface area contributed by atoms with Gasteiger partial charge in [-0.15, -0.1) is 0 Å². The molecule has 0 spiro atoms. The van der Waals surface area contributed by atoms with Crippen LogP contribution >= 0.6 is 0 Å². The van der Waals surface area contributed by atoms with E-state index in [1.54, 1.807) is 0 Å². The quantitative estimate of drug-likeness (QED) is 0.529. The average molecular weight is 187 g/mol. The van der Waals surface area contributed by atoms with Crippen LogP contribution in [0.15, 0.2) is 11.8 Å². The molecule has 0 radical (unpaired) electrons. The Labute approximate surface area is 78.2 Å². The van der Waals surface area contributed by atoms with Gasteiger partial charge in [0.25, 0.3) is 0 Å². The van der Waals surface area contributed by atoms with E-state index in [-0.39, 0.29) is 6.61 Å². The number of nitrogens with one attached hydrogen (secondary N) is 1. The van der Waals surface area contributed by atoms with E-state index in [1.165, 1.54) is 0 Å². The van der Waals surface area contributed by atoms with Crippen molar-refractivity contribution in [2.24, 2.45) is 0 Å². The molecule has 0 saturated carbocycles. The molecule has 13 heavy (non-hydrogen) atoms. The Morgan fingerprint density at radius 1 is 1.62 bits per heavy atom. The number of hydrogen-bond acceptors (Lipinski definition) is 4. The maximum Gasteiger partial charge on any atom is 0.197 e. The first-order chi connectivity index (χ1) is 6.33. The number of ether oxygens (including phenoxy) is 1. The van der Waals surface area contributed by atoms with E-state index < -0.39 is 6.29 Å². The third kappa shape index (κ3) is 4.26. The maximum absolute atomic E-state index is 9.15. The summed E-state index contributed by atoms with van der Waals surface area (Å²) in [6.07, 6.45) is 3.65. The molecule has 0 aromatic rings. The van der Waals surface area contributed by atoms with Crippen LogP contribution in [0.2, 0.25) is 0 Å². The van der Waals surface area contributed by atoms with Gasteiger partial charge in [-0.25, -0.2) is 0 Å². The summed E-state index contributed by atoms with van der Waals surface area (Å²) in [5.41, 5.74) is 0. The fraction of sp³-hybridized carbons (Fsp3) is 0.778. The summed E-state index contributed by atoms with van der Waals surface area (Å²) in [6, 6.07) is 0. The van der Waals surface area contributed by atoms with Gasteiger partial charge in [0.1, 0.15) is 5.76 Å². The standard InChI is InChI=1S/C9H17NO3/c11-6-2-5-10-7-8-3-1-4-9(12)13-8/h3,9-12H,1-2,4-7H2/t9-/m0/s1. The van der Waals surface area contributed by atoms with Crippen LogP contribution in [0.3, 0.4) is 0 Å². The van der Waals surface area contributed by atoms with Crippen molar-refractivity contribution >= 4 is 0 Å². The Morgan fingerprint density at radius 2 is 2.46 bits per heavy atom. The van der Waals surface area contributed by atoms with Gasteiger partial charge in [-0.3, -0.25) is 0 Å². The van der Waals surface area contributed by atoms with Gasteiger partial charge in [0.2, 0.25) is 0 Å². The van der Waals surface area contributed by atoms with Crippen molar-refractivity contribution in [1.29, 1.82) is 0 Å². The molecule has 0 aromatic heterocycles. The topological polar surface area (TPSA) is 61.7 Å². The summed E-state index contributed by atoms with van der Waals surface area (Å²) in [6.45, 7) is 1.61. The van der Waals surface area contributed by atoms with E-state index in [2.05, 4.69) is 5.32 Å². The molecule has 0 aromatic carbocycles. The molecule has 0 aliphatic carbocycles. The minimum absolute atomic E-state index is 0.204. The summed E-state index contributed by atoms with van der Waals surface area (Å²) in [4.78, 5) is 0. The molecule has 1 atom stereocenters. The minimum Gasteiger partial charge on any atom is -0.468 e. The lowest BCUT2D eigenvalue weighted by Gasteiger charge is -2.20. The highest BCUT2D eigenvalue weighted by Crippen LogP contribution is 2.13. The Kier molecular flexibility index (Phi) is 4.82. The minimum atomic E-state index is -0.639. The van der Waals surface area contributed by atoms with Crippen molar-refractivity contribution in [3.8, 4) is 0 Å². The maximum atomic E-state index is 9.15. The number of aliphatic hydroxyl groups is 2. The van der Waals surface area contributed by atoms with Crippen LogP contribution in [0, 0.1) is 0 Å². The molecule has 3 N–H and O–H groups in total. The first-order valence-electron chi connectivity index (χ1n) is 4.68. The van der Waals surface area contributed by atoms with E-state index >= 15 is 0 Å². The molecule has 1 aliphatic heterocycles. The van der Waals surface area contributed by atoms with Crippen molar-refractivity contribution in [1.82, 2.24) is 5.32 Å². The Balaban J connectivity index is 2.10. The fourth-order valence-electron chi connectivity index (χ4n) is 1.20. The highest BCUT2D eigenvalue weighted by atomic mass is 16.6. The Morgan fingerprint density at radius 3 is 3.15 bits per heavy atom. The molecular weight excluding hydrogens is 170 g/mol. The molecule has 0 unspecified atom stereocenters. The molecule has 1 heterocycles. The summed E-state index contributed by atoms with van der Waals surface area (Å²) in [5, 5.41) is 20.8. The normalized spacial score (nSPS) is 22.3. The third-order valence-electron chi connectivity index (χ3n) is 1.88. The van der Waals surface area contributed by atoms with Crippen LogP contribution in [0.1, 0.15) is 19.3 Å². The van der Waals surface area contributed by atoms with Gasteiger partial charge in [0.15, 0.2) is 6.29 Å². The molecule has 0 amide bonds. The van der Waals surface area contributed by atoms with E-state index in [9.17, 15) is 0 Å². The molecule has 1 rings (SSSR count). The predicted octanol–water partition coefficient (Wildman–Crippen LogP) is -0.0289. The highest BCUT2D eigenvalue weighted by Gasteiger charge is 2.11. The van der Waals surface area contributed by atoms with Crippen molar-refractivity contribution in [3.63, 3.8) is 0 Å². The van der Waals surface area contributed by atoms with Crippen molar-refractivity contribution in [2.75, 3.05) is 19.7 Å². The SMILES string of the molecule is OCCCNCC1=CCC[C@@H](O)O1. The van der Waals surface area contributed by atoms with E-state index in [0.29, 0.717) is 13.0 Å². The Hall–Kier alpha value is -0.580. The fourth-order valence-corrected chi connectivity index (χ4v) is 1.20. The molecule has 0 saturated heterocycles. The van der Waals surface area contributed by atoms with Gasteiger partial charge < -0.3 is 20.3 Å². The van der Waals surface area contributed by atoms with Crippen LogP contribution in [-0.4, -0.2) is 36.2 Å². The second-order valence-electron chi connectivity index (χ2n) is 3.07. The van der Waals surface area contributed by atoms with E-state index in [0.717, 1.165) is 25.1 Å². The molecule has 1 aliphatic rings. The average Bonchev–Trinajstić information content (AvgIpc) is 2.13. The summed E-state index contributed by atoms with van der Waals surface area (Å²) in [7, 11) is 0. The van der Waals surface area contributed by atoms with Crippen LogP contribution in [-0.2, 0) is 4.74 Å². The van der Waals surface area contributed by atoms with Crippen LogP contribution in [0.4, 0.5) is 0 Å². The van der Waals surface area contributed by atoms with Crippen LogP contribution in [0.25, 0.3) is 0 Å². The summed E-state index contributed by atoms with van der Waals surface area (Å²) in [5.74, 6) is 0.802. The van der Waals surface area contributed by atoms with Crippen LogP contribution in [0.5, 0.6) is 0 Å². The van der Waals surface area contributed by atoms with E-state index in [1.807, 2.05) is 6.08 Å². The summed E-state index contributed by atoms with van der Waals surface area (Å²) < 4.78 is 5.16. The van der Waals surface area contributed by atoms with Crippen LogP contribution < -0.4 is 5.32 Å². The third-order valence-corrected chi connectivity index (χ3v) is 1.88. The molecule has 4 nitrogen and oxygen atoms in total. The number of aliphatic hydroxyl groups excluding tert-OH is 2. The lowest BCUT2D eigenvalue weighted by Crippen LogP contribution is -2.25. The van der Waals surface area contributed by atoms with Crippen molar-refractivity contribution < 1.29 is 14.9 Å². The lowest BCUT2D eigenvalue weighted by molar-refractivity contribution is -0.0780. The van der Waals surface area contributed by atoms with Gasteiger partial charge in [-0.1, -0.05) is 0 Å². The van der Waals surface area contributed by atoms with Gasteiger partial charge in [-0.2, -0.15) is 0 Å². The van der Waals surface area contributed by atoms with Gasteiger partial charge in [-0.05, 0) is 25.5 Å². The van der Waals surface area contributed by atoms with Gasteiger partial charge >= 0.3 is 0 Å². The van der Waals surface area contributed by atoms with Gasteiger partial charge in [0, 0.05) is 13.0 Å². The Bertz CT molecular complexity index is 170.